The normalized spacial score (nSPS) is 53.4. The summed E-state index contributed by atoms with van der Waals surface area (Å²) < 4.78 is 85.0. The molecule has 6 unspecified atom stereocenters. The summed E-state index contributed by atoms with van der Waals surface area (Å²) in [4.78, 5) is 0. The summed E-state index contributed by atoms with van der Waals surface area (Å²) >= 11 is 0. The molecule has 1 aliphatic heterocycles. The van der Waals surface area contributed by atoms with Crippen LogP contribution in [0.15, 0.2) is 11.5 Å². The minimum absolute atomic E-state index is 0.285. The Labute approximate surface area is 131 Å². The third-order valence-corrected chi connectivity index (χ3v) is 6.17. The Hall–Kier alpha value is -0.385. The summed E-state index contributed by atoms with van der Waals surface area (Å²) in [6.07, 6.45) is 0. The topological polar surface area (TPSA) is 18.5 Å². The molecule has 2 nitrogen and oxygen atoms in total. The van der Waals surface area contributed by atoms with Gasteiger partial charge in [-0.2, -0.15) is 4.39 Å². The quantitative estimate of drug-likeness (QED) is 0.356. The highest BCUT2D eigenvalue weighted by Crippen LogP contribution is 2.68. The minimum atomic E-state index is -4.37. The first-order chi connectivity index (χ1) is 9.51. The SMILES string of the molecule is BC1(F)C(F)(F)C(B)(P)C(C)(F)C2(B)OC(=C(C)C)OC12F. The molecule has 122 valence electrons. The van der Waals surface area contributed by atoms with Gasteiger partial charge in [0.1, 0.15) is 7.85 Å². The van der Waals surface area contributed by atoms with Crippen molar-refractivity contribution >= 4 is 32.8 Å². The molecule has 2 fully saturated rings. The van der Waals surface area contributed by atoms with E-state index in [0.29, 0.717) is 7.85 Å². The van der Waals surface area contributed by atoms with Crippen LogP contribution in [-0.2, 0) is 9.47 Å². The molecule has 0 N–H and O–H groups in total. The lowest BCUT2D eigenvalue weighted by Crippen LogP contribution is -2.88. The Bertz CT molecular complexity index is 522. The number of alkyl halides is 5. The lowest BCUT2D eigenvalue weighted by Gasteiger charge is -2.61. The molecule has 0 bridgehead atoms. The third-order valence-electron chi connectivity index (χ3n) is 5.27. The standard InChI is InChI=1S/C11H17B3F5O2P/c1-4(2)5-20-8(13)6(3,15)9(14,22)10(17,18)7(12,16)11(8,19)21-5/h12-14,22H2,1-3H3. The second-order valence-corrected chi connectivity index (χ2v) is 8.06. The summed E-state index contributed by atoms with van der Waals surface area (Å²) in [6.45, 7) is 3.69. The molecular formula is C11H17B3F5O2P. The molecule has 2 rings (SSSR count). The van der Waals surface area contributed by atoms with Crippen molar-refractivity contribution in [3.63, 3.8) is 0 Å². The zero-order chi connectivity index (χ0) is 17.6. The van der Waals surface area contributed by atoms with Crippen molar-refractivity contribution in [2.45, 2.75) is 54.3 Å². The number of rotatable bonds is 0. The van der Waals surface area contributed by atoms with Gasteiger partial charge in [0, 0.05) is 5.57 Å². The number of ether oxygens (including phenoxy) is 2. The summed E-state index contributed by atoms with van der Waals surface area (Å²) in [7, 11) is 3.74. The average Bonchev–Trinajstić information content (AvgIpc) is 2.63. The largest absolute Gasteiger partial charge is 0.458 e. The van der Waals surface area contributed by atoms with E-state index in [1.54, 1.807) is 9.24 Å². The molecule has 1 saturated heterocycles. The van der Waals surface area contributed by atoms with Crippen LogP contribution in [0.25, 0.3) is 0 Å². The number of fused-ring (bicyclic) bond motifs is 1. The maximum absolute atomic E-state index is 15.4. The zero-order valence-corrected chi connectivity index (χ0v) is 14.4. The molecule has 0 amide bonds. The highest BCUT2D eigenvalue weighted by atomic mass is 31.0. The summed E-state index contributed by atoms with van der Waals surface area (Å²) in [5.41, 5.74) is -9.07. The van der Waals surface area contributed by atoms with E-state index < -0.39 is 39.5 Å². The summed E-state index contributed by atoms with van der Waals surface area (Å²) in [6, 6.07) is 0. The van der Waals surface area contributed by atoms with Crippen molar-refractivity contribution in [1.82, 2.24) is 0 Å². The monoisotopic (exact) mass is 340 g/mol. The highest BCUT2D eigenvalue weighted by molar-refractivity contribution is 7.23. The van der Waals surface area contributed by atoms with E-state index in [-0.39, 0.29) is 5.57 Å². The van der Waals surface area contributed by atoms with Crippen LogP contribution in [0.5, 0.6) is 0 Å². The van der Waals surface area contributed by atoms with Gasteiger partial charge in [0.25, 0.3) is 11.9 Å². The van der Waals surface area contributed by atoms with Crippen molar-refractivity contribution < 1.29 is 31.4 Å². The Morgan fingerprint density at radius 1 is 1.00 bits per heavy atom. The Morgan fingerprint density at radius 2 is 1.45 bits per heavy atom. The Kier molecular flexibility index (Phi) is 3.40. The van der Waals surface area contributed by atoms with Crippen LogP contribution in [-0.4, -0.2) is 57.1 Å². The predicted molar refractivity (Wildman–Crippen MR) is 83.5 cm³/mol. The maximum atomic E-state index is 15.4. The lowest BCUT2D eigenvalue weighted by molar-refractivity contribution is -0.315. The number of hydrogen-bond acceptors (Lipinski definition) is 2. The number of hydrogen-bond donors (Lipinski definition) is 0. The smallest absolute Gasteiger partial charge is 0.316 e. The van der Waals surface area contributed by atoms with E-state index in [2.05, 4.69) is 0 Å². The Morgan fingerprint density at radius 3 is 1.86 bits per heavy atom. The minimum Gasteiger partial charge on any atom is -0.458 e. The van der Waals surface area contributed by atoms with Gasteiger partial charge in [-0.15, -0.1) is 9.24 Å². The van der Waals surface area contributed by atoms with Crippen LogP contribution in [0.1, 0.15) is 20.8 Å². The van der Waals surface area contributed by atoms with Crippen LogP contribution in [0.2, 0.25) is 0 Å². The first-order valence-electron chi connectivity index (χ1n) is 6.80. The fourth-order valence-electron chi connectivity index (χ4n) is 3.12. The van der Waals surface area contributed by atoms with E-state index in [0.717, 1.165) is 22.6 Å². The van der Waals surface area contributed by atoms with E-state index in [1.165, 1.54) is 13.8 Å². The molecule has 2 aliphatic rings. The molecule has 11 heteroatoms. The van der Waals surface area contributed by atoms with Crippen LogP contribution in [0.4, 0.5) is 22.0 Å². The molecule has 6 atom stereocenters. The van der Waals surface area contributed by atoms with Gasteiger partial charge in [-0.05, 0) is 20.8 Å². The van der Waals surface area contributed by atoms with Crippen LogP contribution in [0.3, 0.4) is 0 Å². The van der Waals surface area contributed by atoms with Gasteiger partial charge in [-0.1, -0.05) is 0 Å². The van der Waals surface area contributed by atoms with Gasteiger partial charge >= 0.3 is 5.85 Å². The van der Waals surface area contributed by atoms with Crippen LogP contribution < -0.4 is 0 Å². The molecule has 0 aromatic rings. The first-order valence-corrected chi connectivity index (χ1v) is 7.38. The maximum Gasteiger partial charge on any atom is 0.316 e. The van der Waals surface area contributed by atoms with Gasteiger partial charge in [0.15, 0.2) is 26.9 Å². The van der Waals surface area contributed by atoms with Crippen molar-refractivity contribution in [1.29, 1.82) is 0 Å². The summed E-state index contributed by atoms with van der Waals surface area (Å²) in [5.74, 6) is -8.53. The predicted octanol–water partition coefficient (Wildman–Crippen LogP) is 0.160. The zero-order valence-electron chi connectivity index (χ0n) is 13.3. The molecule has 1 heterocycles. The van der Waals surface area contributed by atoms with Crippen molar-refractivity contribution in [3.8, 4) is 0 Å². The number of halogens is 5. The highest BCUT2D eigenvalue weighted by Gasteiger charge is 2.91. The van der Waals surface area contributed by atoms with Gasteiger partial charge in [-0.25, -0.2) is 17.6 Å². The Balaban J connectivity index is 2.85. The summed E-state index contributed by atoms with van der Waals surface area (Å²) in [5, 5.41) is -2.62. The molecule has 1 aliphatic carbocycles. The van der Waals surface area contributed by atoms with Crippen molar-refractivity contribution in [2.75, 3.05) is 0 Å². The van der Waals surface area contributed by atoms with E-state index >= 15 is 8.78 Å². The molecule has 0 radical (unpaired) electrons. The van der Waals surface area contributed by atoms with Crippen LogP contribution >= 0.6 is 9.24 Å². The average molecular weight is 340 g/mol. The second kappa shape index (κ2) is 4.17. The molecular weight excluding hydrogens is 323 g/mol. The molecule has 0 aromatic carbocycles. The molecule has 22 heavy (non-hydrogen) atoms. The lowest BCUT2D eigenvalue weighted by atomic mass is 9.42. The van der Waals surface area contributed by atoms with Gasteiger partial charge in [0.05, 0.1) is 5.06 Å². The van der Waals surface area contributed by atoms with Crippen molar-refractivity contribution in [3.05, 3.63) is 11.5 Å². The van der Waals surface area contributed by atoms with Crippen molar-refractivity contribution in [2.24, 2.45) is 0 Å². The molecule has 1 saturated carbocycles. The van der Waals surface area contributed by atoms with Gasteiger partial charge in [0.2, 0.25) is 5.57 Å². The third kappa shape index (κ3) is 1.49. The number of allylic oxidation sites excluding steroid dienone is 1. The van der Waals surface area contributed by atoms with Crippen LogP contribution in [0, 0.1) is 0 Å². The first kappa shape index (κ1) is 18.0. The molecule has 0 aromatic heterocycles. The fourth-order valence-corrected chi connectivity index (χ4v) is 3.67. The van der Waals surface area contributed by atoms with E-state index in [9.17, 15) is 13.2 Å². The van der Waals surface area contributed by atoms with E-state index in [4.69, 9.17) is 9.47 Å². The van der Waals surface area contributed by atoms with Gasteiger partial charge in [-0.3, -0.25) is 0 Å². The molecule has 0 spiro atoms. The van der Waals surface area contributed by atoms with E-state index in [1.807, 2.05) is 0 Å². The second-order valence-electron chi connectivity index (χ2n) is 6.90. The fraction of sp³-hybridized carbons (Fsp3) is 0.818. The van der Waals surface area contributed by atoms with Gasteiger partial charge < -0.3 is 9.47 Å².